The quantitative estimate of drug-likeness (QED) is 0.109. The maximum absolute atomic E-state index is 14.7. The zero-order valence-electron chi connectivity index (χ0n) is 29.1. The average Bonchev–Trinajstić information content (AvgIpc) is 3.74. The minimum absolute atomic E-state index is 0.0702. The lowest BCUT2D eigenvalue weighted by Crippen LogP contribution is -2.46. The fourth-order valence-corrected chi connectivity index (χ4v) is 7.44. The molecule has 0 bridgehead atoms. The number of pyridine rings is 1. The molecule has 2 aromatic heterocycles. The van der Waals surface area contributed by atoms with E-state index >= 15 is 0 Å². The van der Waals surface area contributed by atoms with E-state index in [0.29, 0.717) is 63.9 Å². The van der Waals surface area contributed by atoms with Gasteiger partial charge in [-0.05, 0) is 77.2 Å². The number of benzene rings is 3. The predicted molar refractivity (Wildman–Crippen MR) is 195 cm³/mol. The lowest BCUT2D eigenvalue weighted by molar-refractivity contribution is -0.137. The van der Waals surface area contributed by atoms with Crippen molar-refractivity contribution < 1.29 is 31.5 Å². The molecule has 5 aromatic rings. The van der Waals surface area contributed by atoms with Crippen LogP contribution in [0.15, 0.2) is 60.9 Å². The number of fused-ring (bicyclic) bond motifs is 1. The van der Waals surface area contributed by atoms with Gasteiger partial charge in [0.25, 0.3) is 5.91 Å². The van der Waals surface area contributed by atoms with Crippen molar-refractivity contribution in [1.82, 2.24) is 19.9 Å². The van der Waals surface area contributed by atoms with Crippen LogP contribution in [0, 0.1) is 23.1 Å². The van der Waals surface area contributed by atoms with Crippen LogP contribution < -0.4 is 15.5 Å². The molecular formula is C38H32ClF5N6O2Si. The van der Waals surface area contributed by atoms with E-state index in [1.54, 1.807) is 16.6 Å². The Bertz CT molecular complexity index is 2430. The number of halogens is 6. The van der Waals surface area contributed by atoms with E-state index in [0.717, 1.165) is 6.07 Å². The van der Waals surface area contributed by atoms with Crippen molar-refractivity contribution in [3.8, 4) is 22.6 Å². The molecule has 7 rings (SSSR count). The number of anilines is 2. The van der Waals surface area contributed by atoms with Crippen LogP contribution in [0.3, 0.4) is 0 Å². The Morgan fingerprint density at radius 3 is 2.49 bits per heavy atom. The normalized spacial score (nSPS) is 15.6. The molecule has 2 aliphatic rings. The first-order valence-electron chi connectivity index (χ1n) is 16.6. The number of carbonyl (C=O) groups excluding carboxylic acids is 2. The topological polar surface area (TPSA) is 91.6 Å². The van der Waals surface area contributed by atoms with Gasteiger partial charge >= 0.3 is 12.2 Å². The molecule has 0 saturated heterocycles. The van der Waals surface area contributed by atoms with Crippen molar-refractivity contribution >= 4 is 48.6 Å². The second-order valence-corrected chi connectivity index (χ2v) is 20.0. The van der Waals surface area contributed by atoms with Gasteiger partial charge in [0, 0.05) is 39.5 Å². The molecule has 0 spiro atoms. The Labute approximate surface area is 307 Å². The Hall–Kier alpha value is -5.26. The first kappa shape index (κ1) is 36.1. The fourth-order valence-electron chi connectivity index (χ4n) is 6.41. The monoisotopic (exact) mass is 762 g/mol. The summed E-state index contributed by atoms with van der Waals surface area (Å²) in [7, 11) is -2.17. The molecule has 2 aliphatic heterocycles. The van der Waals surface area contributed by atoms with E-state index in [-0.39, 0.29) is 27.9 Å². The second-order valence-electron chi connectivity index (χ2n) is 14.6. The van der Waals surface area contributed by atoms with Gasteiger partial charge in [0.2, 0.25) is 0 Å². The van der Waals surface area contributed by atoms with Gasteiger partial charge in [0.1, 0.15) is 31.7 Å². The minimum atomic E-state index is -4.92. The Balaban J connectivity index is 1.50. The summed E-state index contributed by atoms with van der Waals surface area (Å²) in [6.45, 7) is 11.0. The Morgan fingerprint density at radius 1 is 1.02 bits per heavy atom. The van der Waals surface area contributed by atoms with E-state index in [9.17, 15) is 31.5 Å². The third-order valence-electron chi connectivity index (χ3n) is 10.2. The van der Waals surface area contributed by atoms with Crippen molar-refractivity contribution in [1.29, 1.82) is 0 Å². The molecule has 2 N–H and O–H groups in total. The summed E-state index contributed by atoms with van der Waals surface area (Å²) in [6.07, 6.45) is -3.14. The van der Waals surface area contributed by atoms with Gasteiger partial charge < -0.3 is 10.6 Å². The largest absolute Gasteiger partial charge is 0.416 e. The second kappa shape index (κ2) is 12.7. The molecule has 4 heterocycles. The number of rotatable bonds is 4. The summed E-state index contributed by atoms with van der Waals surface area (Å²) in [5, 5.41) is 10.1. The first-order chi connectivity index (χ1) is 24.8. The van der Waals surface area contributed by atoms with Crippen LogP contribution in [0.5, 0.6) is 0 Å². The number of alkyl halides is 3. The van der Waals surface area contributed by atoms with Gasteiger partial charge in [0.15, 0.2) is 5.65 Å². The summed E-state index contributed by atoms with van der Waals surface area (Å²) >= 11 is 6.57. The molecule has 1 unspecified atom stereocenters. The summed E-state index contributed by atoms with van der Waals surface area (Å²) in [5.41, 5.74) is 5.51. The summed E-state index contributed by atoms with van der Waals surface area (Å²) < 4.78 is 71.8. The van der Waals surface area contributed by atoms with Crippen LogP contribution in [0.4, 0.5) is 38.1 Å². The Kier molecular flexibility index (Phi) is 8.65. The first-order valence-corrected chi connectivity index (χ1v) is 20.0. The molecular weight excluding hydrogens is 731 g/mol. The van der Waals surface area contributed by atoms with Crippen molar-refractivity contribution in [3.05, 3.63) is 111 Å². The van der Waals surface area contributed by atoms with Gasteiger partial charge in [-0.1, -0.05) is 51.4 Å². The van der Waals surface area contributed by atoms with Crippen molar-refractivity contribution in [2.45, 2.75) is 57.5 Å². The van der Waals surface area contributed by atoms with E-state index in [4.69, 9.17) is 11.6 Å². The molecule has 0 fully saturated rings. The molecule has 3 amide bonds. The highest BCUT2D eigenvalue weighted by molar-refractivity contribution is 6.87. The number of nitrogens with zero attached hydrogens (tertiary/aromatic N) is 4. The summed E-state index contributed by atoms with van der Waals surface area (Å²) in [4.78, 5) is 33.4. The van der Waals surface area contributed by atoms with Gasteiger partial charge in [0.05, 0.1) is 17.3 Å². The highest BCUT2D eigenvalue weighted by Crippen LogP contribution is 2.50. The standard InChI is InChI=1S/C38H32ClF5N6O2Si/c1-37(2,3)53(4,5)13-11-30-24(7-9-31-45-19-46-50(30)31)26-18-29(47-35(51)20-14-21(38(42,43)44)16-23(41)15-20)32-33(27-17-22(40)6-8-28(27)39)48-36(52)49-12-10-25(26)34(32)49/h6-9,14-19,33H,10,12H2,1-5H3,(H,47,51)(H,48,52). The van der Waals surface area contributed by atoms with E-state index in [1.165, 1.54) is 23.4 Å². The third-order valence-corrected chi connectivity index (χ3v) is 15.0. The Morgan fingerprint density at radius 2 is 1.77 bits per heavy atom. The van der Waals surface area contributed by atoms with Crippen LogP contribution in [-0.2, 0) is 12.6 Å². The number of nitrogens with one attached hydrogen (secondary N) is 2. The average molecular weight is 763 g/mol. The van der Waals surface area contributed by atoms with Crippen LogP contribution in [0.1, 0.15) is 65.1 Å². The SMILES string of the molecule is CC(C)(C)[Si](C)(C)C#Cc1c(-c2cc(NC(=O)c3cc(F)cc(C(F)(F)F)c3)c3c4c2CCN4C(=O)NC3c2cc(F)ccc2Cl)ccc2ncnn12. The lowest BCUT2D eigenvalue weighted by atomic mass is 9.87. The van der Waals surface area contributed by atoms with E-state index in [2.05, 4.69) is 66.0 Å². The lowest BCUT2D eigenvalue weighted by Gasteiger charge is -2.35. The number of aromatic nitrogens is 3. The summed E-state index contributed by atoms with van der Waals surface area (Å²) in [6, 6.07) is 8.85. The van der Waals surface area contributed by atoms with Crippen molar-refractivity contribution in [3.63, 3.8) is 0 Å². The van der Waals surface area contributed by atoms with Crippen molar-refractivity contribution in [2.24, 2.45) is 0 Å². The summed E-state index contributed by atoms with van der Waals surface area (Å²) in [5.74, 6) is 0.450. The number of hydrogen-bond acceptors (Lipinski definition) is 4. The van der Waals surface area contributed by atoms with Gasteiger partial charge in [-0.3, -0.25) is 9.69 Å². The number of carbonyl (C=O) groups is 2. The van der Waals surface area contributed by atoms with E-state index < -0.39 is 55.0 Å². The zero-order chi connectivity index (χ0) is 38.2. The number of urea groups is 1. The van der Waals surface area contributed by atoms with Gasteiger partial charge in [-0.15, -0.1) is 5.54 Å². The molecule has 53 heavy (non-hydrogen) atoms. The van der Waals surface area contributed by atoms with Crippen molar-refractivity contribution in [2.75, 3.05) is 16.8 Å². The molecule has 0 saturated carbocycles. The highest BCUT2D eigenvalue weighted by Gasteiger charge is 2.42. The fraction of sp³-hybridized carbons (Fsp3) is 0.263. The smallest absolute Gasteiger partial charge is 0.327 e. The number of hydrogen-bond donors (Lipinski definition) is 2. The maximum atomic E-state index is 14.7. The van der Waals surface area contributed by atoms with Gasteiger partial charge in [-0.2, -0.15) is 18.3 Å². The molecule has 3 aromatic carbocycles. The van der Waals surface area contributed by atoms with Crippen LogP contribution in [0.25, 0.3) is 16.8 Å². The molecule has 1 atom stereocenters. The predicted octanol–water partition coefficient (Wildman–Crippen LogP) is 9.17. The molecule has 0 radical (unpaired) electrons. The van der Waals surface area contributed by atoms with Crippen LogP contribution in [-0.4, -0.2) is 41.2 Å². The molecule has 8 nitrogen and oxygen atoms in total. The molecule has 272 valence electrons. The zero-order valence-corrected chi connectivity index (χ0v) is 30.9. The van der Waals surface area contributed by atoms with Crippen LogP contribution in [0.2, 0.25) is 23.2 Å². The van der Waals surface area contributed by atoms with Gasteiger partial charge in [-0.25, -0.2) is 23.1 Å². The minimum Gasteiger partial charge on any atom is -0.327 e. The maximum Gasteiger partial charge on any atom is 0.416 e. The van der Waals surface area contributed by atoms with E-state index in [1.807, 2.05) is 6.07 Å². The van der Waals surface area contributed by atoms with Crippen LogP contribution >= 0.6 is 11.6 Å². The molecule has 15 heteroatoms. The third kappa shape index (κ3) is 6.42. The highest BCUT2D eigenvalue weighted by atomic mass is 35.5. The molecule has 0 aliphatic carbocycles. The number of amides is 3.